The minimum absolute atomic E-state index is 0.0762. The number of carbonyl (C=O) groups excluding carboxylic acids is 2. The van der Waals surface area contributed by atoms with E-state index >= 15 is 0 Å². The summed E-state index contributed by atoms with van der Waals surface area (Å²) in [4.78, 5) is 30.8. The van der Waals surface area contributed by atoms with Crippen molar-refractivity contribution in [1.29, 1.82) is 0 Å². The van der Waals surface area contributed by atoms with Gasteiger partial charge in [0.2, 0.25) is 11.8 Å². The first kappa shape index (κ1) is 20.2. The lowest BCUT2D eigenvalue weighted by Gasteiger charge is -2.43. The lowest BCUT2D eigenvalue weighted by molar-refractivity contribution is -0.137. The first-order chi connectivity index (χ1) is 13.9. The number of ether oxygens (including phenoxy) is 2. The maximum atomic E-state index is 12.6. The monoisotopic (exact) mass is 401 g/mol. The molecule has 3 heterocycles. The van der Waals surface area contributed by atoms with Crippen molar-refractivity contribution in [3.63, 3.8) is 0 Å². The largest absolute Gasteiger partial charge is 0.485 e. The third-order valence-electron chi connectivity index (χ3n) is 6.32. The Kier molecular flexibility index (Phi) is 5.79. The minimum Gasteiger partial charge on any atom is -0.485 e. The Morgan fingerprint density at radius 3 is 2.48 bits per heavy atom. The molecule has 4 rings (SSSR count). The van der Waals surface area contributed by atoms with Gasteiger partial charge in [0.25, 0.3) is 0 Å². The molecule has 0 radical (unpaired) electrons. The average Bonchev–Trinajstić information content (AvgIpc) is 2.87. The van der Waals surface area contributed by atoms with E-state index in [9.17, 15) is 9.59 Å². The van der Waals surface area contributed by atoms with Gasteiger partial charge in [0.05, 0.1) is 26.3 Å². The Morgan fingerprint density at radius 1 is 1.07 bits per heavy atom. The van der Waals surface area contributed by atoms with Crippen LogP contribution in [-0.4, -0.2) is 84.6 Å². The zero-order valence-electron chi connectivity index (χ0n) is 17.5. The highest BCUT2D eigenvalue weighted by Gasteiger charge is 2.41. The number of hydrogen-bond acceptors (Lipinski definition) is 5. The third-order valence-corrected chi connectivity index (χ3v) is 6.32. The van der Waals surface area contributed by atoms with E-state index < -0.39 is 0 Å². The summed E-state index contributed by atoms with van der Waals surface area (Å²) in [5.74, 6) is 1.14. The second-order valence-electron chi connectivity index (χ2n) is 8.54. The Balaban J connectivity index is 1.43. The number of fused-ring (bicyclic) bond motifs is 1. The van der Waals surface area contributed by atoms with Gasteiger partial charge in [-0.15, -0.1) is 0 Å². The molecule has 2 amide bonds. The van der Waals surface area contributed by atoms with Crippen molar-refractivity contribution in [2.75, 3.05) is 52.5 Å². The fourth-order valence-electron chi connectivity index (χ4n) is 4.51. The van der Waals surface area contributed by atoms with Crippen LogP contribution in [0, 0.1) is 6.92 Å². The molecule has 2 saturated heterocycles. The number of amides is 2. The highest BCUT2D eigenvalue weighted by atomic mass is 16.5. The highest BCUT2D eigenvalue weighted by molar-refractivity contribution is 5.78. The maximum absolute atomic E-state index is 12.6. The van der Waals surface area contributed by atoms with E-state index in [1.807, 2.05) is 15.9 Å². The summed E-state index contributed by atoms with van der Waals surface area (Å²) in [6, 6.07) is 6.21. The van der Waals surface area contributed by atoms with Gasteiger partial charge in [-0.1, -0.05) is 17.7 Å². The minimum atomic E-state index is -0.384. The van der Waals surface area contributed by atoms with Crippen LogP contribution in [0.4, 0.5) is 0 Å². The van der Waals surface area contributed by atoms with Gasteiger partial charge in [-0.2, -0.15) is 0 Å². The van der Waals surface area contributed by atoms with Gasteiger partial charge in [-0.05, 0) is 13.0 Å². The predicted octanol–water partition coefficient (Wildman–Crippen LogP) is 1.43. The molecule has 7 nitrogen and oxygen atoms in total. The molecule has 2 fully saturated rings. The molecule has 0 atom stereocenters. The summed E-state index contributed by atoms with van der Waals surface area (Å²) in [6.07, 6.45) is 1.61. The molecule has 0 N–H and O–H groups in total. The van der Waals surface area contributed by atoms with Crippen molar-refractivity contribution < 1.29 is 19.1 Å². The molecule has 3 aliphatic rings. The number of piperidine rings is 1. The molecule has 0 bridgehead atoms. The summed E-state index contributed by atoms with van der Waals surface area (Å²) < 4.78 is 11.9. The van der Waals surface area contributed by atoms with Crippen molar-refractivity contribution in [2.24, 2.45) is 0 Å². The maximum Gasteiger partial charge on any atom is 0.236 e. The van der Waals surface area contributed by atoms with Gasteiger partial charge in [-0.25, -0.2) is 0 Å². The lowest BCUT2D eigenvalue weighted by Crippen LogP contribution is -2.55. The zero-order valence-corrected chi connectivity index (χ0v) is 17.5. The number of carbonyl (C=O) groups is 2. The highest BCUT2D eigenvalue weighted by Crippen LogP contribution is 2.36. The van der Waals surface area contributed by atoms with Crippen molar-refractivity contribution in [3.05, 3.63) is 29.3 Å². The number of nitrogens with zero attached hydrogens (tertiary/aromatic N) is 3. The van der Waals surface area contributed by atoms with E-state index in [1.54, 1.807) is 6.92 Å². The Morgan fingerprint density at radius 2 is 1.79 bits per heavy atom. The molecule has 3 aliphatic heterocycles. The van der Waals surface area contributed by atoms with Crippen LogP contribution in [0.15, 0.2) is 18.2 Å². The van der Waals surface area contributed by atoms with Gasteiger partial charge in [0.15, 0.2) is 0 Å². The topological polar surface area (TPSA) is 62.3 Å². The van der Waals surface area contributed by atoms with Crippen LogP contribution in [0.1, 0.15) is 30.9 Å². The van der Waals surface area contributed by atoms with E-state index in [4.69, 9.17) is 9.47 Å². The predicted molar refractivity (Wildman–Crippen MR) is 109 cm³/mol. The summed E-state index contributed by atoms with van der Waals surface area (Å²) in [5, 5.41) is 0. The van der Waals surface area contributed by atoms with Crippen LogP contribution in [-0.2, 0) is 20.9 Å². The molecule has 0 saturated carbocycles. The lowest BCUT2D eigenvalue weighted by atomic mass is 9.90. The number of likely N-dealkylation sites (tertiary alicyclic amines) is 1. The fourth-order valence-corrected chi connectivity index (χ4v) is 4.51. The molecular weight excluding hydrogens is 370 g/mol. The molecular formula is C22H31N3O4. The molecule has 0 aliphatic carbocycles. The summed E-state index contributed by atoms with van der Waals surface area (Å²) in [6.45, 7) is 9.54. The zero-order chi connectivity index (χ0) is 20.4. The number of aryl methyl sites for hydroxylation is 1. The molecule has 158 valence electrons. The third kappa shape index (κ3) is 4.56. The van der Waals surface area contributed by atoms with Crippen molar-refractivity contribution in [3.8, 4) is 5.75 Å². The SMILES string of the molecule is CC(=O)N1Cc2cc(C)ccc2OC2(CCN(CC(=O)N3CCOCC3)CC2)C1. The van der Waals surface area contributed by atoms with E-state index in [1.165, 1.54) is 5.56 Å². The van der Waals surface area contributed by atoms with Crippen LogP contribution in [0.5, 0.6) is 5.75 Å². The normalized spacial score (nSPS) is 22.0. The van der Waals surface area contributed by atoms with Crippen LogP contribution < -0.4 is 4.74 Å². The number of morpholine rings is 1. The molecule has 1 aromatic rings. The van der Waals surface area contributed by atoms with E-state index in [2.05, 4.69) is 24.0 Å². The Bertz CT molecular complexity index is 767. The van der Waals surface area contributed by atoms with Gasteiger partial charge >= 0.3 is 0 Å². The van der Waals surface area contributed by atoms with Crippen LogP contribution in [0.25, 0.3) is 0 Å². The molecule has 29 heavy (non-hydrogen) atoms. The molecule has 0 unspecified atom stereocenters. The van der Waals surface area contributed by atoms with E-state index in [0.29, 0.717) is 45.9 Å². The Hall–Kier alpha value is -2.12. The molecule has 1 aromatic carbocycles. The smallest absolute Gasteiger partial charge is 0.236 e. The molecule has 1 spiro atoms. The average molecular weight is 402 g/mol. The summed E-state index contributed by atoms with van der Waals surface area (Å²) in [7, 11) is 0. The number of benzene rings is 1. The standard InChI is InChI=1S/C22H31N3O4/c1-17-3-4-20-19(13-17)14-25(18(2)26)16-22(29-20)5-7-23(8-6-22)15-21(27)24-9-11-28-12-10-24/h3-4,13H,5-12,14-16H2,1-2H3. The van der Waals surface area contributed by atoms with E-state index in [0.717, 1.165) is 37.2 Å². The second-order valence-corrected chi connectivity index (χ2v) is 8.54. The van der Waals surface area contributed by atoms with Crippen LogP contribution in [0.3, 0.4) is 0 Å². The number of hydrogen-bond donors (Lipinski definition) is 0. The second kappa shape index (κ2) is 8.32. The van der Waals surface area contributed by atoms with Gasteiger partial charge < -0.3 is 19.3 Å². The van der Waals surface area contributed by atoms with Gasteiger partial charge in [0.1, 0.15) is 11.4 Å². The summed E-state index contributed by atoms with van der Waals surface area (Å²) >= 11 is 0. The summed E-state index contributed by atoms with van der Waals surface area (Å²) in [5.41, 5.74) is 1.86. The first-order valence-corrected chi connectivity index (χ1v) is 10.6. The number of rotatable bonds is 2. The van der Waals surface area contributed by atoms with Gasteiger partial charge in [-0.3, -0.25) is 14.5 Å². The van der Waals surface area contributed by atoms with Crippen LogP contribution in [0.2, 0.25) is 0 Å². The molecule has 0 aromatic heterocycles. The molecule has 7 heteroatoms. The quantitative estimate of drug-likeness (QED) is 0.750. The van der Waals surface area contributed by atoms with Gasteiger partial charge in [0, 0.05) is 58.1 Å². The van der Waals surface area contributed by atoms with E-state index in [-0.39, 0.29) is 17.4 Å². The van der Waals surface area contributed by atoms with Crippen LogP contribution >= 0.6 is 0 Å². The Labute approximate surface area is 172 Å². The fraction of sp³-hybridized carbons (Fsp3) is 0.636. The van der Waals surface area contributed by atoms with Crippen molar-refractivity contribution >= 4 is 11.8 Å². The first-order valence-electron chi connectivity index (χ1n) is 10.6. The van der Waals surface area contributed by atoms with Crippen molar-refractivity contribution in [2.45, 2.75) is 38.8 Å². The van der Waals surface area contributed by atoms with Crippen molar-refractivity contribution in [1.82, 2.24) is 14.7 Å².